The molecule has 0 saturated heterocycles. The van der Waals surface area contributed by atoms with Gasteiger partial charge in [-0.05, 0) is 24.6 Å². The first-order chi connectivity index (χ1) is 9.64. The van der Waals surface area contributed by atoms with Crippen LogP contribution in [0, 0.1) is 5.92 Å². The molecule has 0 heterocycles. The van der Waals surface area contributed by atoms with E-state index >= 15 is 0 Å². The van der Waals surface area contributed by atoms with E-state index in [-0.39, 0.29) is 6.04 Å². The zero-order valence-electron chi connectivity index (χ0n) is 13.1. The van der Waals surface area contributed by atoms with Gasteiger partial charge in [0, 0.05) is 11.6 Å². The van der Waals surface area contributed by atoms with E-state index in [0.717, 1.165) is 24.9 Å². The Hall–Kier alpha value is -0.930. The molecule has 1 N–H and O–H groups in total. The number of rotatable bonds is 8. The fourth-order valence-corrected chi connectivity index (χ4v) is 3.00. The summed E-state index contributed by atoms with van der Waals surface area (Å²) in [6.45, 7) is 7.47. The highest BCUT2D eigenvalue weighted by Gasteiger charge is 2.25. The van der Waals surface area contributed by atoms with Crippen molar-refractivity contribution in [3.05, 3.63) is 22.7 Å². The average molecular weight is 300 g/mol. The molecule has 20 heavy (non-hydrogen) atoms. The molecule has 0 aromatic heterocycles. The van der Waals surface area contributed by atoms with Gasteiger partial charge in [-0.3, -0.25) is 0 Å². The van der Waals surface area contributed by atoms with Crippen molar-refractivity contribution in [2.75, 3.05) is 20.8 Å². The normalized spacial score (nSPS) is 12.6. The topological polar surface area (TPSA) is 30.5 Å². The van der Waals surface area contributed by atoms with Crippen molar-refractivity contribution >= 4 is 11.6 Å². The molecular weight excluding hydrogens is 274 g/mol. The molecule has 0 saturated carbocycles. The molecule has 0 bridgehead atoms. The molecule has 1 unspecified atom stereocenters. The molecule has 4 heteroatoms. The molecule has 1 aromatic rings. The van der Waals surface area contributed by atoms with Crippen molar-refractivity contribution in [2.45, 2.75) is 39.7 Å². The zero-order chi connectivity index (χ0) is 15.1. The summed E-state index contributed by atoms with van der Waals surface area (Å²) in [7, 11) is 3.27. The quantitative estimate of drug-likeness (QED) is 0.769. The van der Waals surface area contributed by atoms with Crippen LogP contribution >= 0.6 is 11.6 Å². The molecule has 0 amide bonds. The van der Waals surface area contributed by atoms with E-state index in [9.17, 15) is 0 Å². The van der Waals surface area contributed by atoms with E-state index in [1.807, 2.05) is 6.07 Å². The average Bonchev–Trinajstić information content (AvgIpc) is 2.47. The summed E-state index contributed by atoms with van der Waals surface area (Å²) in [5.74, 6) is 1.91. The Balaban J connectivity index is 3.28. The number of methoxy groups -OCH3 is 2. The maximum Gasteiger partial charge on any atom is 0.146 e. The lowest BCUT2D eigenvalue weighted by atomic mass is 9.88. The van der Waals surface area contributed by atoms with Crippen LogP contribution in [0.3, 0.4) is 0 Å². The van der Waals surface area contributed by atoms with Crippen molar-refractivity contribution in [1.82, 2.24) is 5.32 Å². The summed E-state index contributed by atoms with van der Waals surface area (Å²) in [6, 6.07) is 4.20. The molecule has 3 nitrogen and oxygen atoms in total. The number of hydrogen-bond donors (Lipinski definition) is 1. The van der Waals surface area contributed by atoms with E-state index in [4.69, 9.17) is 21.1 Å². The Morgan fingerprint density at radius 3 is 2.20 bits per heavy atom. The van der Waals surface area contributed by atoms with Crippen LogP contribution in [0.4, 0.5) is 0 Å². The molecule has 0 fully saturated rings. The summed E-state index contributed by atoms with van der Waals surface area (Å²) < 4.78 is 10.8. The van der Waals surface area contributed by atoms with Gasteiger partial charge in [0.05, 0.1) is 14.2 Å². The number of hydrogen-bond acceptors (Lipinski definition) is 3. The van der Waals surface area contributed by atoms with Crippen LogP contribution in [0.5, 0.6) is 11.5 Å². The van der Waals surface area contributed by atoms with Crippen LogP contribution in [-0.2, 0) is 0 Å². The zero-order valence-corrected chi connectivity index (χ0v) is 13.9. The standard InChI is InChI=1S/C16H26ClNO2/c1-6-11(7-2)15(18-8-3)12-9-10-13(19-4)14(17)16(12)20-5/h9-11,15,18H,6-8H2,1-5H3. The second kappa shape index (κ2) is 8.38. The Kier molecular flexibility index (Phi) is 7.17. The number of benzene rings is 1. The van der Waals surface area contributed by atoms with Gasteiger partial charge in [-0.2, -0.15) is 0 Å². The van der Waals surface area contributed by atoms with Gasteiger partial charge in [0.15, 0.2) is 0 Å². The molecule has 1 atom stereocenters. The molecule has 0 radical (unpaired) electrons. The molecule has 1 aromatic carbocycles. The maximum atomic E-state index is 6.37. The fourth-order valence-electron chi connectivity index (χ4n) is 2.67. The van der Waals surface area contributed by atoms with Gasteiger partial charge in [0.25, 0.3) is 0 Å². The lowest BCUT2D eigenvalue weighted by Crippen LogP contribution is -2.28. The van der Waals surface area contributed by atoms with Gasteiger partial charge >= 0.3 is 0 Å². The van der Waals surface area contributed by atoms with Crippen molar-refractivity contribution in [3.8, 4) is 11.5 Å². The monoisotopic (exact) mass is 299 g/mol. The van der Waals surface area contributed by atoms with Crippen molar-refractivity contribution in [3.63, 3.8) is 0 Å². The third kappa shape index (κ3) is 3.58. The van der Waals surface area contributed by atoms with E-state index < -0.39 is 0 Å². The highest BCUT2D eigenvalue weighted by atomic mass is 35.5. The lowest BCUT2D eigenvalue weighted by molar-refractivity contribution is 0.328. The van der Waals surface area contributed by atoms with Gasteiger partial charge in [0.1, 0.15) is 16.5 Å². The van der Waals surface area contributed by atoms with E-state index in [1.165, 1.54) is 0 Å². The van der Waals surface area contributed by atoms with E-state index in [2.05, 4.69) is 32.2 Å². The lowest BCUT2D eigenvalue weighted by Gasteiger charge is -2.28. The third-order valence-electron chi connectivity index (χ3n) is 3.80. The highest BCUT2D eigenvalue weighted by Crippen LogP contribution is 2.42. The van der Waals surface area contributed by atoms with Crippen LogP contribution < -0.4 is 14.8 Å². The second-order valence-electron chi connectivity index (χ2n) is 4.82. The highest BCUT2D eigenvalue weighted by molar-refractivity contribution is 6.33. The van der Waals surface area contributed by atoms with Gasteiger partial charge in [-0.1, -0.05) is 45.2 Å². The smallest absolute Gasteiger partial charge is 0.146 e. The molecule has 0 spiro atoms. The maximum absolute atomic E-state index is 6.37. The molecule has 0 aliphatic heterocycles. The van der Waals surface area contributed by atoms with E-state index in [1.54, 1.807) is 14.2 Å². The Morgan fingerprint density at radius 1 is 1.10 bits per heavy atom. The van der Waals surface area contributed by atoms with Crippen molar-refractivity contribution < 1.29 is 9.47 Å². The molecule has 1 rings (SSSR count). The van der Waals surface area contributed by atoms with Crippen LogP contribution in [0.25, 0.3) is 0 Å². The summed E-state index contributed by atoms with van der Waals surface area (Å²) in [5, 5.41) is 4.10. The second-order valence-corrected chi connectivity index (χ2v) is 5.19. The molecule has 114 valence electrons. The first kappa shape index (κ1) is 17.1. The Morgan fingerprint density at radius 2 is 1.75 bits per heavy atom. The van der Waals surface area contributed by atoms with Crippen LogP contribution in [0.1, 0.15) is 45.2 Å². The van der Waals surface area contributed by atoms with Crippen molar-refractivity contribution in [1.29, 1.82) is 0 Å². The van der Waals surface area contributed by atoms with Gasteiger partial charge in [-0.25, -0.2) is 0 Å². The van der Waals surface area contributed by atoms with E-state index in [0.29, 0.717) is 22.4 Å². The first-order valence-electron chi connectivity index (χ1n) is 7.28. The fraction of sp³-hybridized carbons (Fsp3) is 0.625. The predicted octanol–water partition coefficient (Wildman–Crippen LogP) is 4.44. The minimum atomic E-state index is 0.244. The Labute approximate surface area is 127 Å². The minimum absolute atomic E-state index is 0.244. The summed E-state index contributed by atoms with van der Waals surface area (Å²) in [5.41, 5.74) is 1.11. The van der Waals surface area contributed by atoms with Gasteiger partial charge in [-0.15, -0.1) is 0 Å². The molecule has 0 aliphatic rings. The molecule has 0 aliphatic carbocycles. The van der Waals surface area contributed by atoms with Crippen LogP contribution in [0.15, 0.2) is 12.1 Å². The predicted molar refractivity (Wildman–Crippen MR) is 85.0 cm³/mol. The number of halogens is 1. The SMILES string of the molecule is CCNC(c1ccc(OC)c(Cl)c1OC)C(CC)CC. The summed E-state index contributed by atoms with van der Waals surface area (Å²) >= 11 is 6.37. The van der Waals surface area contributed by atoms with Gasteiger partial charge in [0.2, 0.25) is 0 Å². The summed E-state index contributed by atoms with van der Waals surface area (Å²) in [4.78, 5) is 0. The number of nitrogens with one attached hydrogen (secondary N) is 1. The first-order valence-corrected chi connectivity index (χ1v) is 7.65. The number of ether oxygens (including phenoxy) is 2. The van der Waals surface area contributed by atoms with Gasteiger partial charge < -0.3 is 14.8 Å². The minimum Gasteiger partial charge on any atom is -0.495 e. The Bertz CT molecular complexity index is 419. The third-order valence-corrected chi connectivity index (χ3v) is 4.15. The molecular formula is C16H26ClNO2. The van der Waals surface area contributed by atoms with Crippen LogP contribution in [-0.4, -0.2) is 20.8 Å². The van der Waals surface area contributed by atoms with Crippen LogP contribution in [0.2, 0.25) is 5.02 Å². The van der Waals surface area contributed by atoms with Crippen molar-refractivity contribution in [2.24, 2.45) is 5.92 Å². The summed E-state index contributed by atoms with van der Waals surface area (Å²) in [6.07, 6.45) is 2.22. The largest absolute Gasteiger partial charge is 0.495 e.